The van der Waals surface area contributed by atoms with Gasteiger partial charge in [0.25, 0.3) is 0 Å². The Morgan fingerprint density at radius 3 is 1.07 bits per heavy atom. The van der Waals surface area contributed by atoms with Gasteiger partial charge in [-0.15, -0.1) is 0 Å². The number of aryl methyl sites for hydroxylation is 4. The van der Waals surface area contributed by atoms with Crippen molar-refractivity contribution in [3.63, 3.8) is 0 Å². The van der Waals surface area contributed by atoms with Crippen LogP contribution in [0.5, 0.6) is 46.0 Å². The van der Waals surface area contributed by atoms with E-state index in [4.69, 9.17) is 37.9 Å². The zero-order valence-electron chi connectivity index (χ0n) is 89.0. The van der Waals surface area contributed by atoms with Crippen LogP contribution in [-0.4, -0.2) is 59.1 Å². The normalized spacial score (nSPS) is 13.0. The Hall–Kier alpha value is -12.8. The lowest BCUT2D eigenvalue weighted by Gasteiger charge is -2.27. The number of carbonyl (C=O) groups is 4. The number of halogens is 2. The molecule has 0 aliphatic heterocycles. The van der Waals surface area contributed by atoms with E-state index in [0.29, 0.717) is 70.6 Å². The van der Waals surface area contributed by atoms with Crippen LogP contribution in [0.25, 0.3) is 44.5 Å². The molecule has 11 aromatic carbocycles. The number of nitrogens with zero attached hydrogens (tertiary/aromatic N) is 2. The molecule has 0 aromatic heterocycles. The Morgan fingerprint density at radius 2 is 0.662 bits per heavy atom. The molecule has 11 aromatic rings. The number of ether oxygens (including phenoxy) is 8. The summed E-state index contributed by atoms with van der Waals surface area (Å²) in [5, 5.41) is 23.4. The Kier molecular flexibility index (Phi) is 46.6. The Bertz CT molecular complexity index is 5870. The summed E-state index contributed by atoms with van der Waals surface area (Å²) in [6, 6.07) is 68.9. The largest absolute Gasteiger partial charge is 0.490 e. The SMILES string of the molecule is CCCCCC(C)(C)Oc1ccc(-c2ccc(OC(=O)c3ccc(C)c(C)c3)cc2)cc1F.CCCCCC1CCC(C(=O)Oc2ccc(-c3ccc(OCCC(C)(C)C)c(F)c3)cc2)CC1.CCCCCCCCc1ccc(C(=O)Oc2ccc(-c3ccc(OCCC(C)(C)C)c([N+](=O)[O-])c3)cc2)cc1.CCCCCCc1ccc(C(=O)Oc2ccc(-c3ccc(OCCCCC(C)(C)C)c([N+](=O)[O-])c3)cc2)cc1. The lowest BCUT2D eigenvalue weighted by molar-refractivity contribution is -0.386. The van der Waals surface area contributed by atoms with Crippen molar-refractivity contribution in [1.82, 2.24) is 0 Å². The smallest absolute Gasteiger partial charge is 0.343 e. The van der Waals surface area contributed by atoms with Gasteiger partial charge in [0.15, 0.2) is 34.6 Å². The first kappa shape index (κ1) is 116. The van der Waals surface area contributed by atoms with Crippen molar-refractivity contribution in [3.8, 4) is 90.5 Å². The molecule has 12 rings (SSSR count). The topological polar surface area (TPSA) is 228 Å². The quantitative estimate of drug-likeness (QED) is 0.0113. The molecule has 0 radical (unpaired) electrons. The molecular formula is C125H156F2N2O16. The lowest BCUT2D eigenvalue weighted by atomic mass is 9.80. The monoisotopic (exact) mass is 1980 g/mol. The van der Waals surface area contributed by atoms with E-state index >= 15 is 0 Å². The third kappa shape index (κ3) is 40.9. The fourth-order valence-electron chi connectivity index (χ4n) is 16.8. The van der Waals surface area contributed by atoms with Crippen LogP contribution in [-0.2, 0) is 17.6 Å². The average Bonchev–Trinajstić information content (AvgIpc) is 0.823. The van der Waals surface area contributed by atoms with Crippen molar-refractivity contribution in [1.29, 1.82) is 0 Å². The fourth-order valence-corrected chi connectivity index (χ4v) is 16.8. The molecule has 776 valence electrons. The maximum atomic E-state index is 14.8. The predicted molar refractivity (Wildman–Crippen MR) is 581 cm³/mol. The number of hydrogen-bond donors (Lipinski definition) is 0. The third-order valence-corrected chi connectivity index (χ3v) is 26.0. The van der Waals surface area contributed by atoms with E-state index in [9.17, 15) is 48.2 Å². The molecule has 0 bridgehead atoms. The zero-order chi connectivity index (χ0) is 105. The first-order valence-electron chi connectivity index (χ1n) is 52.5. The molecule has 18 nitrogen and oxygen atoms in total. The summed E-state index contributed by atoms with van der Waals surface area (Å²) in [7, 11) is 0. The molecule has 1 aliphatic carbocycles. The summed E-state index contributed by atoms with van der Waals surface area (Å²) in [4.78, 5) is 72.8. The molecule has 1 saturated carbocycles. The summed E-state index contributed by atoms with van der Waals surface area (Å²) in [6.45, 7) is 37.4. The summed E-state index contributed by atoms with van der Waals surface area (Å²) >= 11 is 0. The molecule has 1 fully saturated rings. The summed E-state index contributed by atoms with van der Waals surface area (Å²) < 4.78 is 74.6. The molecule has 20 heteroatoms. The van der Waals surface area contributed by atoms with E-state index in [1.54, 1.807) is 121 Å². The van der Waals surface area contributed by atoms with Crippen LogP contribution >= 0.6 is 0 Å². The molecule has 0 heterocycles. The standard InChI is InChI=1S/2C33H41NO5.C30H41FO3.C29H33FO3/c1-5-6-7-8-11-25-12-14-27(15-13-25)32(35)39-29-19-16-26(17-20-29)28-18-21-31(30(24-28)34(36)37)38-23-10-9-22-33(2,3)4;1-5-6-7-8-9-10-11-25-12-14-27(15-13-25)32(35)39-29-19-16-26(17-20-29)28-18-21-31(30(24-28)34(36)37)38-23-22-33(2,3)4;1-5-6-7-8-22-9-11-24(12-10-22)29(32)34-26-16-13-23(14-17-26)25-15-18-28(27(31)21-25)33-20-19-30(2,3)4;1-6-7-8-17-29(4,5)33-27-16-13-23(19-26(27)30)22-11-14-25(15-12-22)32-28(31)24-10-9-20(2)21(3)18-24/h2*12-21,24H,5-11,22-23H2,1-4H3;13-18,21-22,24H,5-12,19-20H2,1-4H3;9-16,18-19H,6-8,17H2,1-5H3. The van der Waals surface area contributed by atoms with Crippen molar-refractivity contribution < 1.29 is 75.7 Å². The molecule has 0 spiro atoms. The van der Waals surface area contributed by atoms with Crippen molar-refractivity contribution in [2.24, 2.45) is 28.1 Å². The van der Waals surface area contributed by atoms with Gasteiger partial charge in [0.05, 0.1) is 52.3 Å². The van der Waals surface area contributed by atoms with E-state index in [-0.39, 0.29) is 74.1 Å². The van der Waals surface area contributed by atoms with Crippen LogP contribution < -0.4 is 37.9 Å². The molecule has 0 amide bonds. The van der Waals surface area contributed by atoms with Crippen molar-refractivity contribution in [2.75, 3.05) is 19.8 Å². The first-order valence-corrected chi connectivity index (χ1v) is 52.5. The number of nitro groups is 2. The number of hydrogen-bond acceptors (Lipinski definition) is 16. The second-order valence-electron chi connectivity index (χ2n) is 42.6. The molecular weight excluding hydrogens is 1820 g/mol. The Morgan fingerprint density at radius 1 is 0.324 bits per heavy atom. The highest BCUT2D eigenvalue weighted by Gasteiger charge is 2.30. The number of carbonyl (C=O) groups excluding carboxylic acids is 4. The Labute approximate surface area is 861 Å². The highest BCUT2D eigenvalue weighted by atomic mass is 19.1. The number of nitro benzene ring substituents is 2. The van der Waals surface area contributed by atoms with Gasteiger partial charge >= 0.3 is 35.3 Å². The van der Waals surface area contributed by atoms with Gasteiger partial charge in [0.1, 0.15) is 28.6 Å². The van der Waals surface area contributed by atoms with E-state index in [1.165, 1.54) is 112 Å². The van der Waals surface area contributed by atoms with Crippen LogP contribution in [0.2, 0.25) is 0 Å². The second-order valence-corrected chi connectivity index (χ2v) is 42.6. The minimum absolute atomic E-state index is 0.00188. The van der Waals surface area contributed by atoms with Gasteiger partial charge in [-0.1, -0.05) is 283 Å². The van der Waals surface area contributed by atoms with Gasteiger partial charge in [-0.05, 0) is 334 Å². The van der Waals surface area contributed by atoms with Crippen molar-refractivity contribution in [3.05, 3.63) is 307 Å². The average molecular weight is 1980 g/mol. The predicted octanol–water partition coefficient (Wildman–Crippen LogP) is 35.1. The van der Waals surface area contributed by atoms with E-state index in [0.717, 1.165) is 160 Å². The van der Waals surface area contributed by atoms with Crippen LogP contribution in [0, 0.1) is 73.8 Å². The first-order chi connectivity index (χ1) is 69.2. The molecule has 145 heavy (non-hydrogen) atoms. The minimum atomic E-state index is -0.426. The summed E-state index contributed by atoms with van der Waals surface area (Å²) in [5.41, 5.74) is 12.2. The Balaban J connectivity index is 0.000000216. The minimum Gasteiger partial charge on any atom is -0.490 e. The molecule has 1 aliphatic rings. The van der Waals surface area contributed by atoms with Crippen molar-refractivity contribution >= 4 is 35.3 Å². The van der Waals surface area contributed by atoms with Crippen molar-refractivity contribution in [2.45, 2.75) is 310 Å². The van der Waals surface area contributed by atoms with Crippen LogP contribution in [0.1, 0.15) is 331 Å². The number of esters is 4. The summed E-state index contributed by atoms with van der Waals surface area (Å²) in [6.07, 6.45) is 32.5. The second kappa shape index (κ2) is 58.3. The molecule has 0 unspecified atom stereocenters. The third-order valence-electron chi connectivity index (χ3n) is 26.0. The number of rotatable bonds is 47. The van der Waals surface area contributed by atoms with Gasteiger partial charge < -0.3 is 37.9 Å². The molecule has 0 saturated heterocycles. The van der Waals surface area contributed by atoms with Gasteiger partial charge in [0.2, 0.25) is 0 Å². The van der Waals surface area contributed by atoms with Crippen LogP contribution in [0.15, 0.2) is 237 Å². The molecule has 0 atom stereocenters. The van der Waals surface area contributed by atoms with E-state index < -0.39 is 33.4 Å². The van der Waals surface area contributed by atoms with Gasteiger partial charge in [-0.3, -0.25) is 25.0 Å². The van der Waals surface area contributed by atoms with Crippen LogP contribution in [0.3, 0.4) is 0 Å². The zero-order valence-corrected chi connectivity index (χ0v) is 89.0. The summed E-state index contributed by atoms with van der Waals surface area (Å²) in [5.74, 6) is 1.54. The highest BCUT2D eigenvalue weighted by molar-refractivity contribution is 5.93. The van der Waals surface area contributed by atoms with Gasteiger partial charge in [0, 0.05) is 12.1 Å². The lowest BCUT2D eigenvalue weighted by Crippen LogP contribution is -2.28. The molecule has 0 N–H and O–H groups in total. The van der Waals surface area contributed by atoms with Gasteiger partial charge in [-0.2, -0.15) is 0 Å². The van der Waals surface area contributed by atoms with E-state index in [2.05, 4.69) is 90.0 Å². The number of unbranched alkanes of at least 4 members (excludes halogenated alkanes) is 13. The highest BCUT2D eigenvalue weighted by Crippen LogP contribution is 2.40. The van der Waals surface area contributed by atoms with Crippen LogP contribution in [0.4, 0.5) is 20.2 Å². The maximum absolute atomic E-state index is 14.8. The maximum Gasteiger partial charge on any atom is 0.343 e. The van der Waals surface area contributed by atoms with Gasteiger partial charge in [-0.25, -0.2) is 23.2 Å². The fraction of sp³-hybridized carbons (Fsp3) is 0.440. The van der Waals surface area contributed by atoms with E-state index in [1.807, 2.05) is 119 Å². The number of benzene rings is 11.